The average molecular weight is 354 g/mol. The highest BCUT2D eigenvalue weighted by Gasteiger charge is 2.27. The Labute approximate surface area is 154 Å². The molecule has 0 saturated carbocycles. The highest BCUT2D eigenvalue weighted by Crippen LogP contribution is 2.28. The van der Waals surface area contributed by atoms with E-state index in [0.717, 1.165) is 36.6 Å². The first kappa shape index (κ1) is 18.0. The molecule has 6 heteroatoms. The van der Waals surface area contributed by atoms with Crippen molar-refractivity contribution in [3.8, 4) is 5.75 Å². The summed E-state index contributed by atoms with van der Waals surface area (Å²) in [6.07, 6.45) is 2.79. The van der Waals surface area contributed by atoms with Gasteiger partial charge >= 0.3 is 6.03 Å². The van der Waals surface area contributed by atoms with Gasteiger partial charge in [-0.25, -0.2) is 9.78 Å². The van der Waals surface area contributed by atoms with Crippen LogP contribution in [-0.2, 0) is 6.54 Å². The molecule has 1 unspecified atom stereocenters. The highest BCUT2D eigenvalue weighted by atomic mass is 16.5. The maximum absolute atomic E-state index is 12.4. The molecule has 2 amide bonds. The number of aromatic nitrogens is 1. The van der Waals surface area contributed by atoms with E-state index in [-0.39, 0.29) is 6.03 Å². The summed E-state index contributed by atoms with van der Waals surface area (Å²) in [7, 11) is 5.58. The molecular weight excluding hydrogens is 328 g/mol. The SMILES string of the molecule is COc1ccc(C2CCN(C(=O)NCc3ccc(N(C)C)nc3)C2)cc1. The van der Waals surface area contributed by atoms with Crippen LogP contribution in [0.3, 0.4) is 0 Å². The summed E-state index contributed by atoms with van der Waals surface area (Å²) in [6, 6.07) is 12.1. The predicted molar refractivity (Wildman–Crippen MR) is 103 cm³/mol. The second-order valence-electron chi connectivity index (χ2n) is 6.78. The molecule has 1 saturated heterocycles. The van der Waals surface area contributed by atoms with Crippen LogP contribution in [0.4, 0.5) is 10.6 Å². The minimum atomic E-state index is -0.0160. The Morgan fingerprint density at radius 2 is 2.04 bits per heavy atom. The molecule has 1 aromatic heterocycles. The monoisotopic (exact) mass is 354 g/mol. The number of pyridine rings is 1. The third kappa shape index (κ3) is 4.25. The summed E-state index contributed by atoms with van der Waals surface area (Å²) >= 11 is 0. The number of nitrogens with zero attached hydrogens (tertiary/aromatic N) is 3. The largest absolute Gasteiger partial charge is 0.497 e. The number of ether oxygens (including phenoxy) is 1. The molecule has 1 atom stereocenters. The van der Waals surface area contributed by atoms with Crippen molar-refractivity contribution in [1.82, 2.24) is 15.2 Å². The molecule has 1 aromatic carbocycles. The van der Waals surface area contributed by atoms with E-state index in [9.17, 15) is 4.79 Å². The van der Waals surface area contributed by atoms with Crippen molar-refractivity contribution in [3.05, 3.63) is 53.7 Å². The number of urea groups is 1. The van der Waals surface area contributed by atoms with E-state index < -0.39 is 0 Å². The molecule has 0 bridgehead atoms. The molecule has 3 rings (SSSR count). The lowest BCUT2D eigenvalue weighted by atomic mass is 9.98. The molecule has 1 N–H and O–H groups in total. The van der Waals surface area contributed by atoms with Gasteiger partial charge in [-0.3, -0.25) is 0 Å². The molecule has 0 spiro atoms. The zero-order valence-electron chi connectivity index (χ0n) is 15.6. The number of hydrogen-bond acceptors (Lipinski definition) is 4. The van der Waals surface area contributed by atoms with E-state index >= 15 is 0 Å². The minimum Gasteiger partial charge on any atom is -0.497 e. The minimum absolute atomic E-state index is 0.0160. The van der Waals surface area contributed by atoms with Crippen molar-refractivity contribution in [3.63, 3.8) is 0 Å². The van der Waals surface area contributed by atoms with Gasteiger partial charge in [0.15, 0.2) is 0 Å². The number of carbonyl (C=O) groups excluding carboxylic acids is 1. The lowest BCUT2D eigenvalue weighted by molar-refractivity contribution is 0.208. The number of hydrogen-bond donors (Lipinski definition) is 1. The Balaban J connectivity index is 1.51. The first-order chi connectivity index (χ1) is 12.6. The number of carbonyl (C=O) groups is 1. The second kappa shape index (κ2) is 8.08. The third-order valence-corrected chi connectivity index (χ3v) is 4.77. The molecule has 26 heavy (non-hydrogen) atoms. The molecular formula is C20H26N4O2. The second-order valence-corrected chi connectivity index (χ2v) is 6.78. The lowest BCUT2D eigenvalue weighted by Gasteiger charge is -2.18. The smallest absolute Gasteiger partial charge is 0.317 e. The average Bonchev–Trinajstić information content (AvgIpc) is 3.17. The topological polar surface area (TPSA) is 57.7 Å². The molecule has 1 aliphatic rings. The zero-order chi connectivity index (χ0) is 18.5. The molecule has 2 aromatic rings. The van der Waals surface area contributed by atoms with Crippen LogP contribution in [0, 0.1) is 0 Å². The lowest BCUT2D eigenvalue weighted by Crippen LogP contribution is -2.38. The van der Waals surface area contributed by atoms with Crippen molar-refractivity contribution in [2.45, 2.75) is 18.9 Å². The Kier molecular flexibility index (Phi) is 5.61. The van der Waals surface area contributed by atoms with Crippen LogP contribution >= 0.6 is 0 Å². The van der Waals surface area contributed by atoms with E-state index in [1.165, 1.54) is 5.56 Å². The number of benzene rings is 1. The van der Waals surface area contributed by atoms with Gasteiger partial charge in [0.1, 0.15) is 11.6 Å². The van der Waals surface area contributed by atoms with Crippen LogP contribution < -0.4 is 15.0 Å². The van der Waals surface area contributed by atoms with E-state index in [2.05, 4.69) is 22.4 Å². The fourth-order valence-electron chi connectivity index (χ4n) is 3.17. The number of anilines is 1. The fourth-order valence-corrected chi connectivity index (χ4v) is 3.17. The third-order valence-electron chi connectivity index (χ3n) is 4.77. The first-order valence-corrected chi connectivity index (χ1v) is 8.86. The summed E-state index contributed by atoms with van der Waals surface area (Å²) < 4.78 is 5.20. The van der Waals surface area contributed by atoms with Crippen molar-refractivity contribution in [2.24, 2.45) is 0 Å². The summed E-state index contributed by atoms with van der Waals surface area (Å²) in [5.74, 6) is 2.14. The number of rotatable bonds is 5. The molecule has 1 fully saturated rings. The van der Waals surface area contributed by atoms with E-state index in [1.54, 1.807) is 13.3 Å². The standard InChI is InChI=1S/C20H26N4O2/c1-23(2)19-9-4-15(12-21-19)13-22-20(25)24-11-10-17(14-24)16-5-7-18(26-3)8-6-16/h4-9,12,17H,10-11,13-14H2,1-3H3,(H,22,25). The van der Waals surface area contributed by atoms with Gasteiger partial charge in [0.25, 0.3) is 0 Å². The summed E-state index contributed by atoms with van der Waals surface area (Å²) in [4.78, 5) is 20.6. The molecule has 0 aliphatic carbocycles. The van der Waals surface area contributed by atoms with Crippen LogP contribution in [0.2, 0.25) is 0 Å². The van der Waals surface area contributed by atoms with Gasteiger partial charge < -0.3 is 19.9 Å². The number of amides is 2. The summed E-state index contributed by atoms with van der Waals surface area (Å²) in [6.45, 7) is 2.01. The van der Waals surface area contributed by atoms with Gasteiger partial charge in [0.2, 0.25) is 0 Å². The Morgan fingerprint density at radius 1 is 1.27 bits per heavy atom. The Hall–Kier alpha value is -2.76. The van der Waals surface area contributed by atoms with Gasteiger partial charge in [0.05, 0.1) is 7.11 Å². The number of likely N-dealkylation sites (tertiary alicyclic amines) is 1. The summed E-state index contributed by atoms with van der Waals surface area (Å²) in [5, 5.41) is 2.99. The van der Waals surface area contributed by atoms with Gasteiger partial charge in [0, 0.05) is 45.8 Å². The number of nitrogens with one attached hydrogen (secondary N) is 1. The predicted octanol–water partition coefficient (Wildman–Crippen LogP) is 2.86. The number of methoxy groups -OCH3 is 1. The molecule has 138 valence electrons. The van der Waals surface area contributed by atoms with Gasteiger partial charge in [-0.2, -0.15) is 0 Å². The van der Waals surface area contributed by atoms with Crippen LogP contribution in [0.5, 0.6) is 5.75 Å². The molecule has 2 heterocycles. The van der Waals surface area contributed by atoms with E-state index in [1.807, 2.05) is 48.2 Å². The van der Waals surface area contributed by atoms with Gasteiger partial charge in [-0.05, 0) is 35.7 Å². The summed E-state index contributed by atoms with van der Waals surface area (Å²) in [5.41, 5.74) is 2.25. The Bertz CT molecular complexity index is 728. The maximum atomic E-state index is 12.4. The molecule has 0 radical (unpaired) electrons. The van der Waals surface area contributed by atoms with Gasteiger partial charge in [-0.15, -0.1) is 0 Å². The van der Waals surface area contributed by atoms with Crippen molar-refractivity contribution < 1.29 is 9.53 Å². The fraction of sp³-hybridized carbons (Fsp3) is 0.400. The quantitative estimate of drug-likeness (QED) is 0.897. The molecule has 6 nitrogen and oxygen atoms in total. The first-order valence-electron chi connectivity index (χ1n) is 8.86. The van der Waals surface area contributed by atoms with E-state index in [4.69, 9.17) is 4.74 Å². The van der Waals surface area contributed by atoms with Crippen LogP contribution in [-0.4, -0.2) is 50.2 Å². The Morgan fingerprint density at radius 3 is 2.65 bits per heavy atom. The van der Waals surface area contributed by atoms with Crippen LogP contribution in [0.15, 0.2) is 42.6 Å². The maximum Gasteiger partial charge on any atom is 0.317 e. The molecule has 1 aliphatic heterocycles. The normalized spacial score (nSPS) is 16.4. The highest BCUT2D eigenvalue weighted by molar-refractivity contribution is 5.74. The van der Waals surface area contributed by atoms with Gasteiger partial charge in [-0.1, -0.05) is 18.2 Å². The van der Waals surface area contributed by atoms with Crippen molar-refractivity contribution >= 4 is 11.8 Å². The van der Waals surface area contributed by atoms with Crippen LogP contribution in [0.1, 0.15) is 23.5 Å². The van der Waals surface area contributed by atoms with Crippen molar-refractivity contribution in [2.75, 3.05) is 39.2 Å². The van der Waals surface area contributed by atoms with E-state index in [0.29, 0.717) is 12.5 Å². The van der Waals surface area contributed by atoms with Crippen molar-refractivity contribution in [1.29, 1.82) is 0 Å². The zero-order valence-corrected chi connectivity index (χ0v) is 15.6. The van der Waals surface area contributed by atoms with Crippen LogP contribution in [0.25, 0.3) is 0 Å².